The molecule has 0 saturated carbocycles. The van der Waals surface area contributed by atoms with Gasteiger partial charge in [-0.15, -0.1) is 11.3 Å². The van der Waals surface area contributed by atoms with Crippen molar-refractivity contribution in [2.24, 2.45) is 0 Å². The lowest BCUT2D eigenvalue weighted by Crippen LogP contribution is -2.82. The van der Waals surface area contributed by atoms with Gasteiger partial charge in [-0.25, -0.2) is 14.5 Å². The fourth-order valence-electron chi connectivity index (χ4n) is 2.79. The zero-order valence-corrected chi connectivity index (χ0v) is 16.0. The number of halogens is 1. The maximum Gasteiger partial charge on any atom is 0.383 e. The highest BCUT2D eigenvalue weighted by atomic mass is 32.1. The number of benzene rings is 1. The molecule has 0 fully saturated rings. The Kier molecular flexibility index (Phi) is 5.07. The van der Waals surface area contributed by atoms with Crippen LogP contribution >= 0.6 is 11.3 Å². The molecule has 146 valence electrons. The second kappa shape index (κ2) is 7.82. The molecule has 0 bridgehead atoms. The number of carbonyl (C=O) groups excluding carboxylic acids is 2. The molecule has 9 heteroatoms. The molecular weight excluding hydrogens is 395 g/mol. The van der Waals surface area contributed by atoms with Crippen LogP contribution in [0, 0.1) is 5.82 Å². The first-order chi connectivity index (χ1) is 14.0. The number of H-pyrrole nitrogens is 1. The molecular formula is C20H16FN4O3S+. The number of aromatic amines is 1. The van der Waals surface area contributed by atoms with Gasteiger partial charge in [-0.2, -0.15) is 5.10 Å². The number of thiophene rings is 1. The van der Waals surface area contributed by atoms with Crippen LogP contribution in [0.5, 0.6) is 0 Å². The van der Waals surface area contributed by atoms with Crippen LogP contribution in [-0.2, 0) is 0 Å². The van der Waals surface area contributed by atoms with Crippen LogP contribution in [0.1, 0.15) is 31.7 Å². The molecule has 3 heterocycles. The molecule has 29 heavy (non-hydrogen) atoms. The minimum Gasteiger partial charge on any atom is -0.441 e. The van der Waals surface area contributed by atoms with Crippen molar-refractivity contribution in [1.82, 2.24) is 15.5 Å². The minimum absolute atomic E-state index is 0.0102. The summed E-state index contributed by atoms with van der Waals surface area (Å²) in [5.74, 6) is -1.60. The number of furan rings is 1. The first-order valence-corrected chi connectivity index (χ1v) is 9.53. The molecule has 0 radical (unpaired) electrons. The minimum atomic E-state index is -0.568. The van der Waals surface area contributed by atoms with Gasteiger partial charge in [0.15, 0.2) is 17.3 Å². The average molecular weight is 411 g/mol. The zero-order valence-electron chi connectivity index (χ0n) is 15.2. The number of amides is 2. The number of nitrogens with one attached hydrogen (secondary N) is 2. The number of nitrogens with two attached hydrogens (primary N) is 1. The Hall–Kier alpha value is -3.56. The number of quaternary nitrogens is 1. The van der Waals surface area contributed by atoms with E-state index >= 15 is 0 Å². The van der Waals surface area contributed by atoms with Gasteiger partial charge in [0, 0.05) is 29.4 Å². The Morgan fingerprint density at radius 2 is 2.07 bits per heavy atom. The van der Waals surface area contributed by atoms with Crippen molar-refractivity contribution in [1.29, 1.82) is 0 Å². The van der Waals surface area contributed by atoms with Crippen molar-refractivity contribution in [2.45, 2.75) is 0 Å². The first kappa shape index (κ1) is 18.8. The van der Waals surface area contributed by atoms with Gasteiger partial charge in [0.25, 0.3) is 5.91 Å². The van der Waals surface area contributed by atoms with Crippen LogP contribution in [0.15, 0.2) is 46.2 Å². The summed E-state index contributed by atoms with van der Waals surface area (Å²) in [7, 11) is 1.46. The monoisotopic (exact) mass is 411 g/mol. The summed E-state index contributed by atoms with van der Waals surface area (Å²) in [5, 5.41) is 13.2. The third kappa shape index (κ3) is 3.86. The molecule has 0 unspecified atom stereocenters. The van der Waals surface area contributed by atoms with E-state index in [0.717, 1.165) is 10.2 Å². The van der Waals surface area contributed by atoms with E-state index in [9.17, 15) is 14.0 Å². The van der Waals surface area contributed by atoms with Crippen molar-refractivity contribution < 1.29 is 23.7 Å². The number of nitrogens with zero attached hydrogens (tertiary/aromatic N) is 1. The highest BCUT2D eigenvalue weighted by molar-refractivity contribution is 7.10. The van der Waals surface area contributed by atoms with Crippen LogP contribution in [0.25, 0.3) is 23.1 Å². The number of fused-ring (bicyclic) bond motifs is 1. The Bertz CT molecular complexity index is 1220. The summed E-state index contributed by atoms with van der Waals surface area (Å²) in [6.45, 7) is 0. The summed E-state index contributed by atoms with van der Waals surface area (Å²) < 4.78 is 19.7. The summed E-state index contributed by atoms with van der Waals surface area (Å²) in [5.41, 5.74) is 1.26. The Balaban J connectivity index is 1.60. The average Bonchev–Trinajstić information content (AvgIpc) is 3.47. The molecule has 4 N–H and O–H groups in total. The maximum atomic E-state index is 14.5. The highest BCUT2D eigenvalue weighted by Gasteiger charge is 2.21. The Morgan fingerprint density at radius 1 is 1.24 bits per heavy atom. The fraction of sp³-hybridized carbons (Fsp3) is 0.0500. The molecule has 0 atom stereocenters. The van der Waals surface area contributed by atoms with Crippen molar-refractivity contribution in [3.8, 4) is 0 Å². The predicted octanol–water partition coefficient (Wildman–Crippen LogP) is 2.92. The lowest BCUT2D eigenvalue weighted by atomic mass is 10.1. The normalized spacial score (nSPS) is 11.4. The molecule has 0 aliphatic heterocycles. The summed E-state index contributed by atoms with van der Waals surface area (Å²) in [6.07, 6.45) is 3.75. The molecule has 4 rings (SSSR count). The van der Waals surface area contributed by atoms with Crippen LogP contribution in [0.2, 0.25) is 0 Å². The highest BCUT2D eigenvalue weighted by Crippen LogP contribution is 2.23. The summed E-state index contributed by atoms with van der Waals surface area (Å²) >= 11 is 1.59. The van der Waals surface area contributed by atoms with Gasteiger partial charge in [-0.3, -0.25) is 9.89 Å². The lowest BCUT2D eigenvalue weighted by Gasteiger charge is -2.00. The fourth-order valence-corrected chi connectivity index (χ4v) is 3.41. The first-order valence-electron chi connectivity index (χ1n) is 8.65. The van der Waals surface area contributed by atoms with Gasteiger partial charge >= 0.3 is 5.91 Å². The summed E-state index contributed by atoms with van der Waals surface area (Å²) in [4.78, 5) is 25.1. The molecule has 7 nitrogen and oxygen atoms in total. The van der Waals surface area contributed by atoms with Gasteiger partial charge in [0.2, 0.25) is 5.76 Å². The number of aromatic nitrogens is 2. The SMILES string of the molecule is CNC(=O)c1ccc(C(=O)[NH2+]c2cc3c(/C=C/c4cccs4)n[nH]c3cc2F)o1. The predicted molar refractivity (Wildman–Crippen MR) is 107 cm³/mol. The van der Waals surface area contributed by atoms with E-state index < -0.39 is 17.6 Å². The van der Waals surface area contributed by atoms with E-state index in [2.05, 4.69) is 15.5 Å². The van der Waals surface area contributed by atoms with E-state index in [1.54, 1.807) is 17.4 Å². The molecule has 4 aromatic rings. The molecule has 1 aromatic carbocycles. The Labute approximate surface area is 168 Å². The number of rotatable bonds is 5. The molecule has 3 aromatic heterocycles. The Morgan fingerprint density at radius 3 is 2.83 bits per heavy atom. The third-order valence-electron chi connectivity index (χ3n) is 4.24. The molecule has 0 aliphatic rings. The van der Waals surface area contributed by atoms with E-state index in [1.807, 2.05) is 29.7 Å². The zero-order chi connectivity index (χ0) is 20.4. The van der Waals surface area contributed by atoms with Crippen LogP contribution in [0.3, 0.4) is 0 Å². The van der Waals surface area contributed by atoms with E-state index in [0.29, 0.717) is 16.6 Å². The van der Waals surface area contributed by atoms with Crippen molar-refractivity contribution in [3.05, 3.63) is 69.7 Å². The van der Waals surface area contributed by atoms with E-state index in [4.69, 9.17) is 4.42 Å². The second-order valence-corrected chi connectivity index (χ2v) is 7.11. The molecule has 0 aliphatic carbocycles. The molecule has 2 amide bonds. The van der Waals surface area contributed by atoms with Crippen molar-refractivity contribution in [3.63, 3.8) is 0 Å². The van der Waals surface area contributed by atoms with Gasteiger partial charge in [-0.05, 0) is 35.7 Å². The third-order valence-corrected chi connectivity index (χ3v) is 5.08. The molecule has 0 spiro atoms. The van der Waals surface area contributed by atoms with Gasteiger partial charge in [-0.1, -0.05) is 6.07 Å². The van der Waals surface area contributed by atoms with E-state index in [1.165, 1.54) is 25.2 Å². The second-order valence-electron chi connectivity index (χ2n) is 6.13. The van der Waals surface area contributed by atoms with E-state index in [-0.39, 0.29) is 17.2 Å². The van der Waals surface area contributed by atoms with Gasteiger partial charge < -0.3 is 9.73 Å². The standard InChI is InChI=1S/C20H15FN4O3S/c1-22-19(26)17-6-7-18(28-17)20(27)23-16-9-12-14(5-4-11-3-2-8-29-11)24-25-15(12)10-13(16)21/h2-10H,1H3,(H,22,26)(H,23,27)(H,24,25)/p+1/b5-4+. The quantitative estimate of drug-likeness (QED) is 0.439. The lowest BCUT2D eigenvalue weighted by molar-refractivity contribution is -0.467. The van der Waals surface area contributed by atoms with Gasteiger partial charge in [0.05, 0.1) is 11.2 Å². The number of hydrogen-bond donors (Lipinski definition) is 3. The van der Waals surface area contributed by atoms with Crippen LogP contribution in [-0.4, -0.2) is 29.1 Å². The number of carbonyl (C=O) groups is 2. The smallest absolute Gasteiger partial charge is 0.383 e. The summed E-state index contributed by atoms with van der Waals surface area (Å²) in [6, 6.07) is 9.55. The van der Waals surface area contributed by atoms with Crippen LogP contribution < -0.4 is 10.6 Å². The van der Waals surface area contributed by atoms with Gasteiger partial charge in [0.1, 0.15) is 0 Å². The van der Waals surface area contributed by atoms with Crippen molar-refractivity contribution >= 4 is 51.9 Å². The maximum absolute atomic E-state index is 14.5. The topological polar surface area (TPSA) is 105 Å². The largest absolute Gasteiger partial charge is 0.441 e. The van der Waals surface area contributed by atoms with Crippen molar-refractivity contribution in [2.75, 3.05) is 7.05 Å². The number of hydrogen-bond acceptors (Lipinski definition) is 5. The number of primary amides is 1. The van der Waals surface area contributed by atoms with Crippen LogP contribution in [0.4, 0.5) is 10.1 Å². The molecule has 0 saturated heterocycles.